The minimum Gasteiger partial charge on any atom is -0.342 e. The van der Waals surface area contributed by atoms with Gasteiger partial charge in [-0.3, -0.25) is 4.98 Å². The molecule has 0 radical (unpaired) electrons. The molecular formula is C11H10N4. The van der Waals surface area contributed by atoms with E-state index in [1.165, 1.54) is 0 Å². The molecule has 2 rings (SSSR count). The van der Waals surface area contributed by atoms with Crippen LogP contribution in [0.1, 0.15) is 12.2 Å². The maximum atomic E-state index is 8.45. The van der Waals surface area contributed by atoms with Crippen LogP contribution in [0.25, 0.3) is 11.3 Å². The molecule has 0 atom stereocenters. The van der Waals surface area contributed by atoms with E-state index in [-0.39, 0.29) is 0 Å². The Labute approximate surface area is 87.6 Å². The minimum atomic E-state index is 0.489. The number of imidazole rings is 1. The van der Waals surface area contributed by atoms with Gasteiger partial charge in [0.05, 0.1) is 18.0 Å². The van der Waals surface area contributed by atoms with E-state index >= 15 is 0 Å². The van der Waals surface area contributed by atoms with Gasteiger partial charge in [-0.05, 0) is 12.1 Å². The third-order valence-electron chi connectivity index (χ3n) is 2.09. The molecule has 4 heteroatoms. The van der Waals surface area contributed by atoms with Crippen LogP contribution in [0.2, 0.25) is 0 Å². The first-order chi connectivity index (χ1) is 7.40. The third-order valence-corrected chi connectivity index (χ3v) is 2.09. The molecule has 0 saturated carbocycles. The molecule has 0 unspecified atom stereocenters. The average molecular weight is 198 g/mol. The number of H-pyrrole nitrogens is 1. The molecule has 0 spiro atoms. The van der Waals surface area contributed by atoms with E-state index in [1.54, 1.807) is 18.6 Å². The van der Waals surface area contributed by atoms with E-state index in [2.05, 4.69) is 21.0 Å². The summed E-state index contributed by atoms with van der Waals surface area (Å²) in [7, 11) is 0. The van der Waals surface area contributed by atoms with Crippen molar-refractivity contribution < 1.29 is 0 Å². The van der Waals surface area contributed by atoms with Gasteiger partial charge in [-0.1, -0.05) is 0 Å². The van der Waals surface area contributed by atoms with Crippen LogP contribution in [0.15, 0.2) is 30.7 Å². The number of aromatic nitrogens is 3. The molecule has 15 heavy (non-hydrogen) atoms. The van der Waals surface area contributed by atoms with Crippen LogP contribution in [0.4, 0.5) is 0 Å². The smallest absolute Gasteiger partial charge is 0.107 e. The maximum Gasteiger partial charge on any atom is 0.107 e. The molecule has 0 aliphatic heterocycles. The Balaban J connectivity index is 2.18. The van der Waals surface area contributed by atoms with E-state index in [9.17, 15) is 0 Å². The first-order valence-corrected chi connectivity index (χ1v) is 4.71. The maximum absolute atomic E-state index is 8.45. The van der Waals surface area contributed by atoms with Gasteiger partial charge in [-0.25, -0.2) is 4.98 Å². The number of aromatic amines is 1. The van der Waals surface area contributed by atoms with Crippen LogP contribution in [-0.4, -0.2) is 15.0 Å². The highest BCUT2D eigenvalue weighted by molar-refractivity contribution is 5.57. The minimum absolute atomic E-state index is 0.489. The molecule has 0 aliphatic carbocycles. The van der Waals surface area contributed by atoms with E-state index in [1.807, 2.05) is 12.1 Å². The van der Waals surface area contributed by atoms with E-state index in [0.29, 0.717) is 12.8 Å². The van der Waals surface area contributed by atoms with Crippen LogP contribution in [0.3, 0.4) is 0 Å². The van der Waals surface area contributed by atoms with Gasteiger partial charge in [0.2, 0.25) is 0 Å². The van der Waals surface area contributed by atoms with Crippen molar-refractivity contribution in [1.82, 2.24) is 15.0 Å². The van der Waals surface area contributed by atoms with Crippen LogP contribution in [-0.2, 0) is 6.42 Å². The fourth-order valence-electron chi connectivity index (χ4n) is 1.34. The van der Waals surface area contributed by atoms with Crippen LogP contribution >= 0.6 is 0 Å². The molecule has 4 nitrogen and oxygen atoms in total. The lowest BCUT2D eigenvalue weighted by molar-refractivity contribution is 0.918. The highest BCUT2D eigenvalue weighted by atomic mass is 14.9. The fourth-order valence-corrected chi connectivity index (χ4v) is 1.34. The summed E-state index contributed by atoms with van der Waals surface area (Å²) < 4.78 is 0. The summed E-state index contributed by atoms with van der Waals surface area (Å²) in [6.07, 6.45) is 6.42. The summed E-state index contributed by atoms with van der Waals surface area (Å²) in [5.74, 6) is 0.850. The fraction of sp³-hybridized carbons (Fsp3) is 0.182. The molecule has 2 aromatic rings. The first-order valence-electron chi connectivity index (χ1n) is 4.71. The molecule has 0 aromatic carbocycles. The molecule has 74 valence electrons. The van der Waals surface area contributed by atoms with E-state index < -0.39 is 0 Å². The third kappa shape index (κ3) is 2.20. The Morgan fingerprint density at radius 1 is 1.33 bits per heavy atom. The first kappa shape index (κ1) is 9.41. The Bertz CT molecular complexity index is 467. The molecule has 0 fully saturated rings. The number of hydrogen-bond acceptors (Lipinski definition) is 3. The zero-order chi connectivity index (χ0) is 10.5. The summed E-state index contributed by atoms with van der Waals surface area (Å²) in [6, 6.07) is 5.93. The molecule has 0 saturated heterocycles. The predicted molar refractivity (Wildman–Crippen MR) is 55.8 cm³/mol. The summed E-state index contributed by atoms with van der Waals surface area (Å²) in [5.41, 5.74) is 2.02. The topological polar surface area (TPSA) is 65.4 Å². The molecule has 2 aromatic heterocycles. The number of pyridine rings is 1. The van der Waals surface area contributed by atoms with Gasteiger partial charge < -0.3 is 4.98 Å². The van der Waals surface area contributed by atoms with Gasteiger partial charge in [0.1, 0.15) is 5.82 Å². The van der Waals surface area contributed by atoms with E-state index in [0.717, 1.165) is 17.1 Å². The van der Waals surface area contributed by atoms with Crippen LogP contribution in [0, 0.1) is 11.3 Å². The largest absolute Gasteiger partial charge is 0.342 e. The standard InChI is InChI=1S/C11H10N4/c12-5-1-2-11-14-8-10(15-11)9-3-6-13-7-4-9/h3-4,6-8H,1-2H2,(H,14,15). The second kappa shape index (κ2) is 4.38. The normalized spacial score (nSPS) is 9.80. The Kier molecular flexibility index (Phi) is 2.75. The van der Waals surface area contributed by atoms with Gasteiger partial charge >= 0.3 is 0 Å². The molecule has 0 bridgehead atoms. The second-order valence-electron chi connectivity index (χ2n) is 3.14. The predicted octanol–water partition coefficient (Wildman–Crippen LogP) is 1.93. The van der Waals surface area contributed by atoms with Crippen molar-refractivity contribution in [2.75, 3.05) is 0 Å². The van der Waals surface area contributed by atoms with Crippen molar-refractivity contribution >= 4 is 0 Å². The number of hydrogen-bond donors (Lipinski definition) is 1. The van der Waals surface area contributed by atoms with Crippen molar-refractivity contribution in [3.8, 4) is 17.3 Å². The number of nitrogens with one attached hydrogen (secondary N) is 1. The second-order valence-corrected chi connectivity index (χ2v) is 3.14. The SMILES string of the molecule is N#CCCc1ncc(-c2ccncc2)[nH]1. The lowest BCUT2D eigenvalue weighted by Gasteiger charge is -1.94. The monoisotopic (exact) mass is 198 g/mol. The summed E-state index contributed by atoms with van der Waals surface area (Å²) >= 11 is 0. The Morgan fingerprint density at radius 2 is 2.13 bits per heavy atom. The highest BCUT2D eigenvalue weighted by Crippen LogP contribution is 2.15. The van der Waals surface area contributed by atoms with Crippen molar-refractivity contribution in [3.05, 3.63) is 36.5 Å². The molecule has 0 aliphatic rings. The molecule has 1 N–H and O–H groups in total. The summed E-state index contributed by atoms with van der Waals surface area (Å²) in [5, 5.41) is 8.45. The molecule has 0 amide bonds. The lowest BCUT2D eigenvalue weighted by atomic mass is 10.2. The zero-order valence-corrected chi connectivity index (χ0v) is 8.14. The summed E-state index contributed by atoms with van der Waals surface area (Å²) in [4.78, 5) is 11.3. The zero-order valence-electron chi connectivity index (χ0n) is 8.14. The summed E-state index contributed by atoms with van der Waals surface area (Å²) in [6.45, 7) is 0. The van der Waals surface area contributed by atoms with Gasteiger partial charge in [-0.15, -0.1) is 0 Å². The number of nitriles is 1. The Hall–Kier alpha value is -2.15. The van der Waals surface area contributed by atoms with Gasteiger partial charge in [0.25, 0.3) is 0 Å². The quantitative estimate of drug-likeness (QED) is 0.819. The van der Waals surface area contributed by atoms with Crippen molar-refractivity contribution in [2.24, 2.45) is 0 Å². The number of nitrogens with zero attached hydrogens (tertiary/aromatic N) is 3. The molecule has 2 heterocycles. The van der Waals surface area contributed by atoms with Gasteiger partial charge in [0.15, 0.2) is 0 Å². The number of aryl methyl sites for hydroxylation is 1. The van der Waals surface area contributed by atoms with Gasteiger partial charge in [-0.2, -0.15) is 5.26 Å². The van der Waals surface area contributed by atoms with Crippen LogP contribution in [0.5, 0.6) is 0 Å². The highest BCUT2D eigenvalue weighted by Gasteiger charge is 2.01. The Morgan fingerprint density at radius 3 is 2.87 bits per heavy atom. The van der Waals surface area contributed by atoms with Crippen molar-refractivity contribution in [3.63, 3.8) is 0 Å². The van der Waals surface area contributed by atoms with Crippen LogP contribution < -0.4 is 0 Å². The average Bonchev–Trinajstić information content (AvgIpc) is 2.76. The van der Waals surface area contributed by atoms with Crippen molar-refractivity contribution in [1.29, 1.82) is 5.26 Å². The lowest BCUT2D eigenvalue weighted by Crippen LogP contribution is -1.86. The number of rotatable bonds is 3. The molecular weight excluding hydrogens is 188 g/mol. The van der Waals surface area contributed by atoms with Crippen molar-refractivity contribution in [2.45, 2.75) is 12.8 Å². The van der Waals surface area contributed by atoms with Gasteiger partial charge in [0, 0.05) is 30.8 Å². The van der Waals surface area contributed by atoms with E-state index in [4.69, 9.17) is 5.26 Å².